The van der Waals surface area contributed by atoms with Crippen LogP contribution in [0.15, 0.2) is 24.3 Å². The van der Waals surface area contributed by atoms with Gasteiger partial charge in [0.1, 0.15) is 0 Å². The molecule has 0 amide bonds. The van der Waals surface area contributed by atoms with Gasteiger partial charge in [-0.3, -0.25) is 10.1 Å². The van der Waals surface area contributed by atoms with Gasteiger partial charge in [0.25, 0.3) is 0 Å². The van der Waals surface area contributed by atoms with Gasteiger partial charge >= 0.3 is 5.97 Å². The Hall–Kier alpha value is -1.65. The van der Waals surface area contributed by atoms with Crippen LogP contribution in [0.2, 0.25) is 0 Å². The van der Waals surface area contributed by atoms with E-state index in [-0.39, 0.29) is 6.54 Å². The van der Waals surface area contributed by atoms with Gasteiger partial charge in [0.2, 0.25) is 6.54 Å². The second-order valence-corrected chi connectivity index (χ2v) is 2.16. The van der Waals surface area contributed by atoms with E-state index >= 15 is 0 Å². The van der Waals surface area contributed by atoms with Crippen molar-refractivity contribution in [2.24, 2.45) is 0 Å². The van der Waals surface area contributed by atoms with Crippen molar-refractivity contribution in [3.63, 3.8) is 0 Å². The van der Waals surface area contributed by atoms with E-state index in [0.29, 0.717) is 6.42 Å². The highest BCUT2D eigenvalue weighted by Gasteiger charge is 1.90. The zero-order valence-electron chi connectivity index (χ0n) is 7.30. The predicted molar refractivity (Wildman–Crippen MR) is 46.8 cm³/mol. The van der Waals surface area contributed by atoms with Crippen molar-refractivity contribution >= 4 is 5.97 Å². The Bertz CT molecular complexity index is 232. The van der Waals surface area contributed by atoms with Crippen LogP contribution in [-0.2, 0) is 9.53 Å². The van der Waals surface area contributed by atoms with Crippen LogP contribution in [0.3, 0.4) is 0 Å². The number of esters is 1. The molecule has 0 aromatic rings. The van der Waals surface area contributed by atoms with Crippen molar-refractivity contribution in [1.29, 1.82) is 0 Å². The number of hydrogen-bond donors (Lipinski definition) is 0. The van der Waals surface area contributed by atoms with Crippen LogP contribution in [0.4, 0.5) is 0 Å². The lowest BCUT2D eigenvalue weighted by atomic mass is 10.3. The normalized spacial score (nSPS) is 10.8. The summed E-state index contributed by atoms with van der Waals surface area (Å²) in [5.74, 6) is -0.445. The van der Waals surface area contributed by atoms with Gasteiger partial charge in [-0.05, 0) is 0 Å². The lowest BCUT2D eigenvalue weighted by molar-refractivity contribution is -0.478. The molecule has 13 heavy (non-hydrogen) atoms. The summed E-state index contributed by atoms with van der Waals surface area (Å²) in [6.07, 6.45) is 6.26. The number of rotatable bonds is 5. The summed E-state index contributed by atoms with van der Waals surface area (Å²) in [5, 5.41) is 9.87. The van der Waals surface area contributed by atoms with Gasteiger partial charge in [-0.25, -0.2) is 4.79 Å². The van der Waals surface area contributed by atoms with Crippen molar-refractivity contribution in [2.75, 3.05) is 13.7 Å². The second-order valence-electron chi connectivity index (χ2n) is 2.16. The molecule has 5 nitrogen and oxygen atoms in total. The van der Waals surface area contributed by atoms with Gasteiger partial charge in [0, 0.05) is 17.4 Å². The van der Waals surface area contributed by atoms with Gasteiger partial charge in [-0.15, -0.1) is 0 Å². The minimum absolute atomic E-state index is 0.0947. The van der Waals surface area contributed by atoms with Gasteiger partial charge < -0.3 is 4.74 Å². The SMILES string of the molecule is COC(=O)/C=C/C=C\CC[N+](=O)[O-]. The Kier molecular flexibility index (Phi) is 6.13. The number of carbonyl (C=O) groups is 1. The molecule has 0 aliphatic heterocycles. The smallest absolute Gasteiger partial charge is 0.330 e. The Balaban J connectivity index is 3.57. The Morgan fingerprint density at radius 2 is 2.23 bits per heavy atom. The van der Waals surface area contributed by atoms with Crippen LogP contribution in [0.5, 0.6) is 0 Å². The minimum Gasteiger partial charge on any atom is -0.466 e. The summed E-state index contributed by atoms with van der Waals surface area (Å²) >= 11 is 0. The van der Waals surface area contributed by atoms with E-state index in [1.165, 1.54) is 19.3 Å². The third-order valence-electron chi connectivity index (χ3n) is 1.16. The molecular weight excluding hydrogens is 174 g/mol. The minimum atomic E-state index is -0.445. The lowest BCUT2D eigenvalue weighted by Gasteiger charge is -1.86. The maximum Gasteiger partial charge on any atom is 0.330 e. The molecule has 0 bridgehead atoms. The average Bonchev–Trinajstić information content (AvgIpc) is 2.10. The fourth-order valence-corrected chi connectivity index (χ4v) is 0.557. The average molecular weight is 185 g/mol. The van der Waals surface area contributed by atoms with Crippen molar-refractivity contribution in [3.05, 3.63) is 34.4 Å². The van der Waals surface area contributed by atoms with Crippen LogP contribution in [0.25, 0.3) is 0 Å². The first-order valence-electron chi connectivity index (χ1n) is 3.69. The molecule has 0 saturated carbocycles. The van der Waals surface area contributed by atoms with E-state index < -0.39 is 10.9 Å². The summed E-state index contributed by atoms with van der Waals surface area (Å²) in [6, 6.07) is 0. The van der Waals surface area contributed by atoms with Gasteiger partial charge in [-0.1, -0.05) is 18.2 Å². The largest absolute Gasteiger partial charge is 0.466 e. The van der Waals surface area contributed by atoms with Crippen LogP contribution < -0.4 is 0 Å². The number of methoxy groups -OCH3 is 1. The van der Waals surface area contributed by atoms with Gasteiger partial charge in [0.15, 0.2) is 0 Å². The Morgan fingerprint density at radius 1 is 1.54 bits per heavy atom. The number of allylic oxidation sites excluding steroid dienone is 2. The quantitative estimate of drug-likeness (QED) is 0.210. The second kappa shape index (κ2) is 7.02. The monoisotopic (exact) mass is 185 g/mol. The van der Waals surface area contributed by atoms with Crippen LogP contribution >= 0.6 is 0 Å². The fourth-order valence-electron chi connectivity index (χ4n) is 0.557. The summed E-state index contributed by atoms with van der Waals surface area (Å²) in [4.78, 5) is 20.0. The number of nitrogens with zero attached hydrogens (tertiary/aromatic N) is 1. The molecule has 72 valence electrons. The zero-order chi connectivity index (χ0) is 10.1. The summed E-state index contributed by atoms with van der Waals surface area (Å²) in [5.41, 5.74) is 0. The molecule has 0 spiro atoms. The van der Waals surface area contributed by atoms with Crippen LogP contribution in [0, 0.1) is 10.1 Å². The molecule has 0 aliphatic carbocycles. The third-order valence-corrected chi connectivity index (χ3v) is 1.16. The maximum atomic E-state index is 10.5. The highest BCUT2D eigenvalue weighted by Crippen LogP contribution is 1.86. The molecule has 5 heteroatoms. The van der Waals surface area contributed by atoms with E-state index in [1.54, 1.807) is 12.2 Å². The molecule has 0 saturated heterocycles. The van der Waals surface area contributed by atoms with Crippen molar-refractivity contribution in [2.45, 2.75) is 6.42 Å². The molecule has 0 aromatic carbocycles. The molecule has 0 aromatic heterocycles. The van der Waals surface area contributed by atoms with Crippen molar-refractivity contribution < 1.29 is 14.5 Å². The van der Waals surface area contributed by atoms with Gasteiger partial charge in [-0.2, -0.15) is 0 Å². The number of nitro groups is 1. The topological polar surface area (TPSA) is 69.4 Å². The molecule has 0 radical (unpaired) electrons. The molecule has 0 aliphatic rings. The zero-order valence-corrected chi connectivity index (χ0v) is 7.30. The molecule has 0 rings (SSSR count). The lowest BCUT2D eigenvalue weighted by Crippen LogP contribution is -1.97. The predicted octanol–water partition coefficient (Wildman–Crippen LogP) is 0.939. The van der Waals surface area contributed by atoms with Gasteiger partial charge in [0.05, 0.1) is 7.11 Å². The van der Waals surface area contributed by atoms with Crippen molar-refractivity contribution in [1.82, 2.24) is 0 Å². The standard InChI is InChI=1S/C8H11NO4/c1-13-8(10)6-4-2-3-5-7-9(11)12/h2-4,6H,5,7H2,1H3/b3-2-,6-4+. The van der Waals surface area contributed by atoms with E-state index in [2.05, 4.69) is 4.74 Å². The molecule has 0 atom stereocenters. The highest BCUT2D eigenvalue weighted by molar-refractivity contribution is 5.82. The summed E-state index contributed by atoms with van der Waals surface area (Å²) in [7, 11) is 1.28. The first-order chi connectivity index (χ1) is 6.16. The number of ether oxygens (including phenoxy) is 1. The summed E-state index contributed by atoms with van der Waals surface area (Å²) < 4.78 is 4.33. The van der Waals surface area contributed by atoms with Crippen molar-refractivity contribution in [3.8, 4) is 0 Å². The molecular formula is C8H11NO4. The van der Waals surface area contributed by atoms with E-state index in [9.17, 15) is 14.9 Å². The highest BCUT2D eigenvalue weighted by atomic mass is 16.6. The number of carbonyl (C=O) groups excluding carboxylic acids is 1. The van der Waals surface area contributed by atoms with E-state index in [0.717, 1.165) is 0 Å². The van der Waals surface area contributed by atoms with Crippen LogP contribution in [0.1, 0.15) is 6.42 Å². The first-order valence-corrected chi connectivity index (χ1v) is 3.69. The molecule has 0 fully saturated rings. The molecule has 0 heterocycles. The van der Waals surface area contributed by atoms with E-state index in [1.807, 2.05) is 0 Å². The fraction of sp³-hybridized carbons (Fsp3) is 0.375. The van der Waals surface area contributed by atoms with E-state index in [4.69, 9.17) is 0 Å². The number of hydrogen-bond acceptors (Lipinski definition) is 4. The molecule has 0 N–H and O–H groups in total. The Labute approximate surface area is 75.8 Å². The maximum absolute atomic E-state index is 10.5. The molecule has 0 unspecified atom stereocenters. The summed E-state index contributed by atoms with van der Waals surface area (Å²) in [6.45, 7) is -0.0947. The first kappa shape index (κ1) is 11.4. The van der Waals surface area contributed by atoms with Crippen LogP contribution in [-0.4, -0.2) is 24.5 Å². The Morgan fingerprint density at radius 3 is 2.77 bits per heavy atom. The third kappa shape index (κ3) is 8.25.